The lowest BCUT2D eigenvalue weighted by molar-refractivity contribution is -0.121. The van der Waals surface area contributed by atoms with Crippen LogP contribution in [0.15, 0.2) is 29.3 Å². The second-order valence-corrected chi connectivity index (χ2v) is 7.87. The van der Waals surface area contributed by atoms with Gasteiger partial charge in [0.1, 0.15) is 11.4 Å². The maximum atomic E-state index is 14.0. The molecule has 1 atom stereocenters. The summed E-state index contributed by atoms with van der Waals surface area (Å²) in [6.45, 7) is 2.43. The molecule has 9 nitrogen and oxygen atoms in total. The van der Waals surface area contributed by atoms with E-state index >= 15 is 0 Å². The summed E-state index contributed by atoms with van der Waals surface area (Å²) in [7, 11) is -4.77. The van der Waals surface area contributed by atoms with E-state index in [4.69, 9.17) is 0 Å². The van der Waals surface area contributed by atoms with Crippen LogP contribution in [0.5, 0.6) is 0 Å². The van der Waals surface area contributed by atoms with Gasteiger partial charge in [0.15, 0.2) is 11.6 Å². The number of urea groups is 1. The summed E-state index contributed by atoms with van der Waals surface area (Å²) in [6.07, 6.45) is 1.48. The number of carbonyl (C=O) groups is 2. The molecule has 2 aromatic rings. The van der Waals surface area contributed by atoms with Crippen molar-refractivity contribution in [1.82, 2.24) is 19.8 Å². The molecule has 0 saturated heterocycles. The zero-order chi connectivity index (χ0) is 20.6. The van der Waals surface area contributed by atoms with E-state index in [-0.39, 0.29) is 4.31 Å². The Hall–Kier alpha value is -3.15. The van der Waals surface area contributed by atoms with Crippen LogP contribution in [0.4, 0.5) is 19.3 Å². The number of fused-ring (bicyclic) bond motifs is 1. The maximum absolute atomic E-state index is 14.0. The predicted molar refractivity (Wildman–Crippen MR) is 92.6 cm³/mol. The van der Waals surface area contributed by atoms with Crippen molar-refractivity contribution in [1.29, 1.82) is 0 Å². The molecule has 1 aromatic heterocycles. The minimum absolute atomic E-state index is 0.142. The molecule has 0 bridgehead atoms. The number of halogens is 2. The minimum atomic E-state index is -4.77. The van der Waals surface area contributed by atoms with Gasteiger partial charge in [-0.3, -0.25) is 4.79 Å². The molecule has 0 aliphatic carbocycles. The molecule has 2 N–H and O–H groups in total. The standard InChI is InChI=1S/C16H15F2N5O4S/c1-8-5-6-19-22-14(8)9(2)20-12(24)7-23-16(25)21-11-4-3-10(17)13(18)15(11)28(23,26)27/h3-6,9H,7H2,1-2H3,(H,20,24)(H,21,25)/t9-/m1/s1. The summed E-state index contributed by atoms with van der Waals surface area (Å²) < 4.78 is 52.8. The summed E-state index contributed by atoms with van der Waals surface area (Å²) in [5.74, 6) is -3.86. The van der Waals surface area contributed by atoms with Gasteiger partial charge in [-0.25, -0.2) is 26.3 Å². The van der Waals surface area contributed by atoms with Crippen molar-refractivity contribution < 1.29 is 26.8 Å². The first-order chi connectivity index (χ1) is 13.1. The predicted octanol–water partition coefficient (Wildman–Crippen LogP) is 1.48. The Balaban J connectivity index is 1.84. The lowest BCUT2D eigenvalue weighted by Gasteiger charge is -2.28. The third kappa shape index (κ3) is 3.38. The molecule has 1 aliphatic heterocycles. The van der Waals surface area contributed by atoms with Gasteiger partial charge in [-0.05, 0) is 37.6 Å². The third-order valence-corrected chi connectivity index (χ3v) is 5.89. The first kappa shape index (κ1) is 19.6. The van der Waals surface area contributed by atoms with Gasteiger partial charge < -0.3 is 10.6 Å². The fourth-order valence-corrected chi connectivity index (χ4v) is 4.25. The smallest absolute Gasteiger partial charge is 0.336 e. The van der Waals surface area contributed by atoms with Crippen molar-refractivity contribution in [3.8, 4) is 0 Å². The molecule has 3 rings (SSSR count). The Morgan fingerprint density at radius 3 is 2.71 bits per heavy atom. The Labute approximate surface area is 158 Å². The minimum Gasteiger partial charge on any atom is -0.346 e. The van der Waals surface area contributed by atoms with Gasteiger partial charge in [0, 0.05) is 6.20 Å². The van der Waals surface area contributed by atoms with Crippen LogP contribution >= 0.6 is 0 Å². The van der Waals surface area contributed by atoms with Gasteiger partial charge in [0.2, 0.25) is 5.91 Å². The second-order valence-electron chi connectivity index (χ2n) is 6.07. The monoisotopic (exact) mass is 411 g/mol. The first-order valence-corrected chi connectivity index (χ1v) is 9.46. The number of carbonyl (C=O) groups excluding carboxylic acids is 2. The van der Waals surface area contributed by atoms with Crippen LogP contribution in [-0.4, -0.2) is 41.4 Å². The zero-order valence-electron chi connectivity index (χ0n) is 14.7. The zero-order valence-corrected chi connectivity index (χ0v) is 15.5. The second kappa shape index (κ2) is 7.11. The highest BCUT2D eigenvalue weighted by atomic mass is 32.2. The van der Waals surface area contributed by atoms with Crippen LogP contribution in [0, 0.1) is 18.6 Å². The summed E-state index contributed by atoms with van der Waals surface area (Å²) in [5.41, 5.74) is 0.807. The van der Waals surface area contributed by atoms with Crippen LogP contribution in [-0.2, 0) is 14.8 Å². The average Bonchev–Trinajstić information content (AvgIpc) is 2.61. The number of aryl methyl sites for hydroxylation is 1. The molecule has 3 amide bonds. The van der Waals surface area contributed by atoms with E-state index in [1.165, 1.54) is 6.20 Å². The molecule has 0 spiro atoms. The molecule has 2 heterocycles. The molecule has 0 fully saturated rings. The van der Waals surface area contributed by atoms with Crippen molar-refractivity contribution in [2.24, 2.45) is 0 Å². The van der Waals surface area contributed by atoms with Crippen molar-refractivity contribution >= 4 is 27.6 Å². The first-order valence-electron chi connectivity index (χ1n) is 8.02. The summed E-state index contributed by atoms with van der Waals surface area (Å²) in [5, 5.41) is 12.3. The molecular formula is C16H15F2N5O4S. The number of amides is 3. The highest BCUT2D eigenvalue weighted by Gasteiger charge is 2.41. The van der Waals surface area contributed by atoms with Gasteiger partial charge >= 0.3 is 6.03 Å². The van der Waals surface area contributed by atoms with E-state index in [0.29, 0.717) is 11.8 Å². The van der Waals surface area contributed by atoms with Crippen molar-refractivity contribution in [2.45, 2.75) is 24.8 Å². The summed E-state index contributed by atoms with van der Waals surface area (Å²) in [6, 6.07) is 1.52. The van der Waals surface area contributed by atoms with Gasteiger partial charge in [-0.15, -0.1) is 0 Å². The van der Waals surface area contributed by atoms with Gasteiger partial charge in [-0.1, -0.05) is 0 Å². The van der Waals surface area contributed by atoms with Crippen LogP contribution in [0.25, 0.3) is 0 Å². The topological polar surface area (TPSA) is 121 Å². The SMILES string of the molecule is Cc1ccnnc1[C@@H](C)NC(=O)CN1C(=O)Nc2ccc(F)c(F)c2S1(=O)=O. The number of sulfonamides is 1. The summed E-state index contributed by atoms with van der Waals surface area (Å²) in [4.78, 5) is 23.4. The number of anilines is 1. The highest BCUT2D eigenvalue weighted by molar-refractivity contribution is 7.90. The largest absolute Gasteiger partial charge is 0.346 e. The molecule has 0 unspecified atom stereocenters. The Morgan fingerprint density at radius 2 is 2.04 bits per heavy atom. The fraction of sp³-hybridized carbons (Fsp3) is 0.250. The Bertz CT molecular complexity index is 1080. The molecular weight excluding hydrogens is 396 g/mol. The lowest BCUT2D eigenvalue weighted by atomic mass is 10.1. The molecule has 0 saturated carbocycles. The molecule has 12 heteroatoms. The average molecular weight is 411 g/mol. The van der Waals surface area contributed by atoms with Gasteiger partial charge in [0.05, 0.1) is 17.4 Å². The van der Waals surface area contributed by atoms with Crippen LogP contribution < -0.4 is 10.6 Å². The van der Waals surface area contributed by atoms with Crippen LogP contribution in [0.3, 0.4) is 0 Å². The Kier molecular flexibility index (Phi) is 4.98. The number of hydrogen-bond donors (Lipinski definition) is 2. The van der Waals surface area contributed by atoms with Crippen molar-refractivity contribution in [3.63, 3.8) is 0 Å². The quantitative estimate of drug-likeness (QED) is 0.786. The molecule has 0 radical (unpaired) electrons. The van der Waals surface area contributed by atoms with E-state index in [1.54, 1.807) is 19.9 Å². The summed E-state index contributed by atoms with van der Waals surface area (Å²) >= 11 is 0. The molecule has 1 aliphatic rings. The number of benzene rings is 1. The Morgan fingerprint density at radius 1 is 1.32 bits per heavy atom. The van der Waals surface area contributed by atoms with E-state index in [2.05, 4.69) is 20.8 Å². The highest BCUT2D eigenvalue weighted by Crippen LogP contribution is 2.33. The molecule has 1 aromatic carbocycles. The lowest BCUT2D eigenvalue weighted by Crippen LogP contribution is -2.49. The van der Waals surface area contributed by atoms with E-state index in [1.807, 2.05) is 0 Å². The number of hydrogen-bond acceptors (Lipinski definition) is 6. The normalized spacial score (nSPS) is 16.1. The number of rotatable bonds is 4. The molecule has 28 heavy (non-hydrogen) atoms. The third-order valence-electron chi connectivity index (χ3n) is 4.10. The fourth-order valence-electron chi connectivity index (χ4n) is 2.76. The van der Waals surface area contributed by atoms with Crippen LogP contribution in [0.2, 0.25) is 0 Å². The maximum Gasteiger partial charge on any atom is 0.336 e. The van der Waals surface area contributed by atoms with E-state index < -0.39 is 56.8 Å². The number of nitrogens with zero attached hydrogens (tertiary/aromatic N) is 3. The van der Waals surface area contributed by atoms with Crippen LogP contribution in [0.1, 0.15) is 24.2 Å². The van der Waals surface area contributed by atoms with Gasteiger partial charge in [0.25, 0.3) is 10.0 Å². The number of aromatic nitrogens is 2. The van der Waals surface area contributed by atoms with Crippen molar-refractivity contribution in [3.05, 3.63) is 47.3 Å². The van der Waals surface area contributed by atoms with Crippen molar-refractivity contribution in [2.75, 3.05) is 11.9 Å². The molecule has 148 valence electrons. The van der Waals surface area contributed by atoms with Gasteiger partial charge in [-0.2, -0.15) is 10.2 Å². The van der Waals surface area contributed by atoms with E-state index in [0.717, 1.165) is 11.6 Å². The van der Waals surface area contributed by atoms with E-state index in [9.17, 15) is 26.8 Å². The number of nitrogens with one attached hydrogen (secondary N) is 2.